The van der Waals surface area contributed by atoms with Crippen LogP contribution in [0.3, 0.4) is 0 Å². The summed E-state index contributed by atoms with van der Waals surface area (Å²) in [6.07, 6.45) is 1.23. The van der Waals surface area contributed by atoms with Gasteiger partial charge in [0.25, 0.3) is 0 Å². The fourth-order valence-corrected chi connectivity index (χ4v) is 3.13. The van der Waals surface area contributed by atoms with E-state index in [1.807, 2.05) is 13.8 Å². The number of fused-ring (bicyclic) bond motifs is 1. The summed E-state index contributed by atoms with van der Waals surface area (Å²) in [5, 5.41) is 8.45. The highest BCUT2D eigenvalue weighted by Crippen LogP contribution is 2.28. The van der Waals surface area contributed by atoms with Crippen LogP contribution in [0.1, 0.15) is 28.9 Å². The van der Waals surface area contributed by atoms with Gasteiger partial charge in [-0.1, -0.05) is 12.1 Å². The predicted octanol–water partition coefficient (Wildman–Crippen LogP) is 3.57. The van der Waals surface area contributed by atoms with Crippen molar-refractivity contribution in [1.82, 2.24) is 20.1 Å². The first-order valence-corrected chi connectivity index (χ1v) is 8.49. The molecule has 3 aromatic rings. The Morgan fingerprint density at radius 3 is 2.56 bits per heavy atom. The average Bonchev–Trinajstić information content (AvgIpc) is 2.90. The summed E-state index contributed by atoms with van der Waals surface area (Å²) < 4.78 is 0. The molecule has 1 aromatic carbocycles. The fourth-order valence-electron chi connectivity index (χ4n) is 3.13. The van der Waals surface area contributed by atoms with Crippen LogP contribution in [-0.2, 0) is 11.2 Å². The third-order valence-corrected chi connectivity index (χ3v) is 4.59. The molecule has 0 fully saturated rings. The van der Waals surface area contributed by atoms with Crippen LogP contribution in [0.4, 0.5) is 0 Å². The minimum absolute atomic E-state index is 0.141. The van der Waals surface area contributed by atoms with Gasteiger partial charge in [0.15, 0.2) is 0 Å². The predicted molar refractivity (Wildman–Crippen MR) is 101 cm³/mol. The van der Waals surface area contributed by atoms with Crippen molar-refractivity contribution in [2.75, 3.05) is 14.1 Å². The molecular weight excluding hydrogens is 312 g/mol. The number of H-pyrrole nitrogens is 1. The van der Waals surface area contributed by atoms with Gasteiger partial charge in [0, 0.05) is 37.2 Å². The zero-order valence-electron chi connectivity index (χ0n) is 15.5. The van der Waals surface area contributed by atoms with Gasteiger partial charge in [0.1, 0.15) is 0 Å². The molecule has 0 atom stereocenters. The number of amides is 1. The van der Waals surface area contributed by atoms with Gasteiger partial charge in [-0.25, -0.2) is 4.98 Å². The van der Waals surface area contributed by atoms with Crippen molar-refractivity contribution >= 4 is 16.8 Å². The molecule has 0 spiro atoms. The van der Waals surface area contributed by atoms with Gasteiger partial charge < -0.3 is 4.90 Å². The van der Waals surface area contributed by atoms with Gasteiger partial charge in [0.2, 0.25) is 5.91 Å². The van der Waals surface area contributed by atoms with Crippen molar-refractivity contribution in [3.63, 3.8) is 0 Å². The molecule has 0 saturated heterocycles. The van der Waals surface area contributed by atoms with E-state index in [9.17, 15) is 4.79 Å². The highest BCUT2D eigenvalue weighted by molar-refractivity contribution is 5.86. The largest absolute Gasteiger partial charge is 0.349 e. The first kappa shape index (κ1) is 17.1. The number of hydrogen-bond acceptors (Lipinski definition) is 3. The van der Waals surface area contributed by atoms with E-state index in [4.69, 9.17) is 4.98 Å². The number of benzene rings is 1. The van der Waals surface area contributed by atoms with Crippen molar-refractivity contribution in [3.05, 3.63) is 46.8 Å². The molecule has 2 heterocycles. The smallest absolute Gasteiger partial charge is 0.222 e. The highest BCUT2D eigenvalue weighted by atomic mass is 16.2. The van der Waals surface area contributed by atoms with E-state index in [2.05, 4.69) is 41.4 Å². The Hall–Kier alpha value is -2.69. The van der Waals surface area contributed by atoms with Crippen LogP contribution >= 0.6 is 0 Å². The van der Waals surface area contributed by atoms with Crippen molar-refractivity contribution in [2.45, 2.75) is 33.6 Å². The van der Waals surface area contributed by atoms with Gasteiger partial charge in [-0.3, -0.25) is 9.89 Å². The maximum atomic E-state index is 11.8. The Bertz CT molecular complexity index is 921. The van der Waals surface area contributed by atoms with Crippen LogP contribution in [0.5, 0.6) is 0 Å². The van der Waals surface area contributed by atoms with E-state index in [0.29, 0.717) is 6.42 Å². The lowest BCUT2D eigenvalue weighted by Gasteiger charge is -2.11. The summed E-state index contributed by atoms with van der Waals surface area (Å²) in [7, 11) is 3.57. The Morgan fingerprint density at radius 1 is 1.16 bits per heavy atom. The summed E-state index contributed by atoms with van der Waals surface area (Å²) in [6, 6.07) is 8.40. The number of aromatic nitrogens is 3. The Morgan fingerprint density at radius 2 is 1.92 bits per heavy atom. The number of aryl methyl sites for hydroxylation is 4. The number of carbonyl (C=O) groups is 1. The van der Waals surface area contributed by atoms with Crippen LogP contribution in [0.2, 0.25) is 0 Å². The van der Waals surface area contributed by atoms with Crippen molar-refractivity contribution < 1.29 is 4.79 Å². The summed E-state index contributed by atoms with van der Waals surface area (Å²) in [4.78, 5) is 18.3. The van der Waals surface area contributed by atoms with Gasteiger partial charge >= 0.3 is 0 Å². The molecule has 5 nitrogen and oxygen atoms in total. The maximum absolute atomic E-state index is 11.8. The first-order valence-electron chi connectivity index (χ1n) is 8.49. The zero-order chi connectivity index (χ0) is 18.1. The van der Waals surface area contributed by atoms with E-state index in [1.54, 1.807) is 19.0 Å². The summed E-state index contributed by atoms with van der Waals surface area (Å²) in [6.45, 7) is 6.11. The summed E-state index contributed by atoms with van der Waals surface area (Å²) in [5.41, 5.74) is 7.27. The Balaban J connectivity index is 1.99. The lowest BCUT2D eigenvalue weighted by molar-refractivity contribution is -0.128. The van der Waals surface area contributed by atoms with Crippen molar-refractivity contribution in [2.24, 2.45) is 0 Å². The van der Waals surface area contributed by atoms with Crippen molar-refractivity contribution in [3.8, 4) is 11.3 Å². The lowest BCUT2D eigenvalue weighted by Crippen LogP contribution is -2.21. The van der Waals surface area contributed by atoms with Crippen LogP contribution in [-0.4, -0.2) is 40.1 Å². The number of hydrogen-bond donors (Lipinski definition) is 1. The third kappa shape index (κ3) is 3.40. The van der Waals surface area contributed by atoms with E-state index < -0.39 is 0 Å². The highest BCUT2D eigenvalue weighted by Gasteiger charge is 2.13. The number of nitrogens with zero attached hydrogens (tertiary/aromatic N) is 3. The zero-order valence-corrected chi connectivity index (χ0v) is 15.5. The van der Waals surface area contributed by atoms with E-state index >= 15 is 0 Å². The van der Waals surface area contributed by atoms with Gasteiger partial charge in [0.05, 0.1) is 16.9 Å². The summed E-state index contributed by atoms with van der Waals surface area (Å²) >= 11 is 0. The van der Waals surface area contributed by atoms with E-state index in [0.717, 1.165) is 45.5 Å². The molecule has 2 aromatic heterocycles. The number of aromatic amines is 1. The first-order chi connectivity index (χ1) is 11.9. The standard InChI is InChI=1S/C20H24N4O/c1-12-10-18(20-13(2)22-23-14(20)3)21-17-11-15(6-8-16(12)17)7-9-19(25)24(4)5/h6,8,10-11H,7,9H2,1-5H3,(H,22,23). The SMILES string of the molecule is Cc1n[nH]c(C)c1-c1cc(C)c2ccc(CCC(=O)N(C)C)cc2n1. The molecule has 0 bridgehead atoms. The Kier molecular flexibility index (Phi) is 4.57. The molecular formula is C20H24N4O. The maximum Gasteiger partial charge on any atom is 0.222 e. The average molecular weight is 336 g/mol. The normalized spacial score (nSPS) is 11.1. The number of nitrogens with one attached hydrogen (secondary N) is 1. The number of rotatable bonds is 4. The number of carbonyl (C=O) groups excluding carboxylic acids is 1. The quantitative estimate of drug-likeness (QED) is 0.792. The molecule has 1 N–H and O–H groups in total. The topological polar surface area (TPSA) is 61.9 Å². The van der Waals surface area contributed by atoms with E-state index in [1.165, 1.54) is 5.56 Å². The molecule has 0 aliphatic rings. The van der Waals surface area contributed by atoms with Crippen LogP contribution in [0.25, 0.3) is 22.2 Å². The molecule has 5 heteroatoms. The molecule has 0 saturated carbocycles. The molecule has 25 heavy (non-hydrogen) atoms. The molecule has 3 rings (SSSR count). The monoisotopic (exact) mass is 336 g/mol. The molecule has 130 valence electrons. The van der Waals surface area contributed by atoms with Gasteiger partial charge in [-0.15, -0.1) is 0 Å². The molecule has 0 radical (unpaired) electrons. The molecule has 0 unspecified atom stereocenters. The number of pyridine rings is 1. The van der Waals surface area contributed by atoms with Gasteiger partial charge in [-0.05, 0) is 50.5 Å². The molecule has 1 amide bonds. The summed E-state index contributed by atoms with van der Waals surface area (Å²) in [5.74, 6) is 0.141. The molecule has 0 aliphatic carbocycles. The molecule has 0 aliphatic heterocycles. The lowest BCUT2D eigenvalue weighted by atomic mass is 10.0. The minimum Gasteiger partial charge on any atom is -0.349 e. The Labute approximate surface area is 148 Å². The fraction of sp³-hybridized carbons (Fsp3) is 0.350. The third-order valence-electron chi connectivity index (χ3n) is 4.59. The second-order valence-corrected chi connectivity index (χ2v) is 6.77. The minimum atomic E-state index is 0.141. The second-order valence-electron chi connectivity index (χ2n) is 6.77. The van der Waals surface area contributed by atoms with Crippen LogP contribution in [0.15, 0.2) is 24.3 Å². The van der Waals surface area contributed by atoms with E-state index in [-0.39, 0.29) is 5.91 Å². The second kappa shape index (κ2) is 6.67. The van der Waals surface area contributed by atoms with Crippen LogP contribution < -0.4 is 0 Å². The van der Waals surface area contributed by atoms with Crippen molar-refractivity contribution in [1.29, 1.82) is 0 Å². The van der Waals surface area contributed by atoms with Crippen LogP contribution in [0, 0.1) is 20.8 Å². The van der Waals surface area contributed by atoms with Gasteiger partial charge in [-0.2, -0.15) is 5.10 Å².